The van der Waals surface area contributed by atoms with Crippen molar-refractivity contribution >= 4 is 0 Å². The van der Waals surface area contributed by atoms with Gasteiger partial charge in [0, 0.05) is 12.1 Å². The van der Waals surface area contributed by atoms with Crippen LogP contribution in [0.25, 0.3) is 11.1 Å². The van der Waals surface area contributed by atoms with Crippen molar-refractivity contribution < 1.29 is 4.74 Å². The van der Waals surface area contributed by atoms with Crippen LogP contribution < -0.4 is 10.1 Å². The van der Waals surface area contributed by atoms with E-state index in [0.717, 1.165) is 24.4 Å². The Balaban J connectivity index is 2.40. The molecule has 0 aliphatic carbocycles. The van der Waals surface area contributed by atoms with Gasteiger partial charge in [-0.2, -0.15) is 0 Å². The third kappa shape index (κ3) is 3.61. The second-order valence-electron chi connectivity index (χ2n) is 5.10. The van der Waals surface area contributed by atoms with E-state index in [1.165, 1.54) is 11.1 Å². The van der Waals surface area contributed by atoms with Crippen LogP contribution in [0.5, 0.6) is 5.75 Å². The van der Waals surface area contributed by atoms with Gasteiger partial charge in [0.05, 0.1) is 6.10 Å². The molecule has 0 atom stereocenters. The van der Waals surface area contributed by atoms with Gasteiger partial charge < -0.3 is 10.1 Å². The average molecular weight is 269 g/mol. The number of hydrogen-bond acceptors (Lipinski definition) is 2. The van der Waals surface area contributed by atoms with Crippen LogP contribution in [0, 0.1) is 0 Å². The molecule has 0 saturated heterocycles. The first kappa shape index (κ1) is 14.6. The van der Waals surface area contributed by atoms with Crippen molar-refractivity contribution in [3.63, 3.8) is 0 Å². The lowest BCUT2D eigenvalue weighted by Gasteiger charge is -2.16. The second kappa shape index (κ2) is 7.11. The minimum atomic E-state index is 0.178. The summed E-state index contributed by atoms with van der Waals surface area (Å²) in [4.78, 5) is 0. The van der Waals surface area contributed by atoms with E-state index in [1.54, 1.807) is 0 Å². The zero-order chi connectivity index (χ0) is 14.4. The fourth-order valence-electron chi connectivity index (χ4n) is 2.24. The summed E-state index contributed by atoms with van der Waals surface area (Å²) in [6.07, 6.45) is 0.178. The molecule has 0 fully saturated rings. The van der Waals surface area contributed by atoms with Gasteiger partial charge in [0.15, 0.2) is 0 Å². The highest BCUT2D eigenvalue weighted by Gasteiger charge is 2.10. The van der Waals surface area contributed by atoms with Crippen molar-refractivity contribution in [2.45, 2.75) is 33.4 Å². The Labute approximate surface area is 121 Å². The highest BCUT2D eigenvalue weighted by atomic mass is 16.5. The van der Waals surface area contributed by atoms with Crippen LogP contribution in [0.2, 0.25) is 0 Å². The zero-order valence-corrected chi connectivity index (χ0v) is 12.5. The molecule has 0 heterocycles. The predicted octanol–water partition coefficient (Wildman–Crippen LogP) is 4.25. The summed E-state index contributed by atoms with van der Waals surface area (Å²) in [6.45, 7) is 8.09. The van der Waals surface area contributed by atoms with Crippen LogP contribution in [0.15, 0.2) is 48.5 Å². The molecule has 2 aromatic carbocycles. The Kier molecular flexibility index (Phi) is 5.19. The Hall–Kier alpha value is -1.80. The Morgan fingerprint density at radius 3 is 2.30 bits per heavy atom. The summed E-state index contributed by atoms with van der Waals surface area (Å²) in [6, 6.07) is 16.8. The topological polar surface area (TPSA) is 21.3 Å². The average Bonchev–Trinajstić information content (AvgIpc) is 2.45. The maximum absolute atomic E-state index is 5.94. The molecule has 2 aromatic rings. The Morgan fingerprint density at radius 2 is 1.60 bits per heavy atom. The molecule has 0 amide bonds. The van der Waals surface area contributed by atoms with Crippen LogP contribution in [0.3, 0.4) is 0 Å². The van der Waals surface area contributed by atoms with E-state index in [1.807, 2.05) is 12.1 Å². The summed E-state index contributed by atoms with van der Waals surface area (Å²) in [5.41, 5.74) is 3.70. The summed E-state index contributed by atoms with van der Waals surface area (Å²) >= 11 is 0. The number of rotatable bonds is 6. The molecular formula is C18H23NO. The quantitative estimate of drug-likeness (QED) is 0.846. The van der Waals surface area contributed by atoms with E-state index >= 15 is 0 Å². The molecule has 2 heteroatoms. The van der Waals surface area contributed by atoms with Gasteiger partial charge in [0.1, 0.15) is 5.75 Å². The number of hydrogen-bond donors (Lipinski definition) is 1. The van der Waals surface area contributed by atoms with E-state index in [4.69, 9.17) is 4.74 Å². The van der Waals surface area contributed by atoms with Crippen molar-refractivity contribution in [2.24, 2.45) is 0 Å². The van der Waals surface area contributed by atoms with Crippen molar-refractivity contribution in [3.05, 3.63) is 54.1 Å². The molecule has 2 nitrogen and oxygen atoms in total. The minimum Gasteiger partial charge on any atom is -0.490 e. The normalized spacial score (nSPS) is 10.8. The lowest BCUT2D eigenvalue weighted by atomic mass is 9.98. The Morgan fingerprint density at radius 1 is 0.950 bits per heavy atom. The van der Waals surface area contributed by atoms with E-state index in [-0.39, 0.29) is 6.10 Å². The van der Waals surface area contributed by atoms with Gasteiger partial charge >= 0.3 is 0 Å². The van der Waals surface area contributed by atoms with Crippen molar-refractivity contribution in [3.8, 4) is 16.9 Å². The number of ether oxygens (including phenoxy) is 1. The molecule has 0 aliphatic rings. The monoisotopic (exact) mass is 269 g/mol. The largest absolute Gasteiger partial charge is 0.490 e. The first-order valence-electron chi connectivity index (χ1n) is 7.27. The molecule has 0 aliphatic heterocycles. The van der Waals surface area contributed by atoms with Gasteiger partial charge in [-0.05, 0) is 37.6 Å². The van der Waals surface area contributed by atoms with Gasteiger partial charge in [-0.25, -0.2) is 0 Å². The van der Waals surface area contributed by atoms with Crippen LogP contribution in [0.4, 0.5) is 0 Å². The zero-order valence-electron chi connectivity index (χ0n) is 12.5. The molecule has 0 radical (unpaired) electrons. The van der Waals surface area contributed by atoms with E-state index in [0.29, 0.717) is 0 Å². The van der Waals surface area contributed by atoms with Gasteiger partial charge in [0.2, 0.25) is 0 Å². The van der Waals surface area contributed by atoms with Crippen LogP contribution in [-0.2, 0) is 6.54 Å². The Bertz CT molecular complexity index is 549. The number of benzene rings is 2. The van der Waals surface area contributed by atoms with Crippen LogP contribution in [-0.4, -0.2) is 12.6 Å². The molecule has 0 aromatic heterocycles. The maximum Gasteiger partial charge on any atom is 0.127 e. The molecular weight excluding hydrogens is 246 g/mol. The minimum absolute atomic E-state index is 0.178. The van der Waals surface area contributed by atoms with E-state index in [2.05, 4.69) is 62.5 Å². The second-order valence-corrected chi connectivity index (χ2v) is 5.10. The van der Waals surface area contributed by atoms with Crippen LogP contribution >= 0.6 is 0 Å². The standard InChI is InChI=1S/C18H23NO/c1-4-19-13-15-9-5-6-10-16(15)17-11-7-8-12-18(17)20-14(2)3/h5-12,14,19H,4,13H2,1-3H3. The molecule has 1 N–H and O–H groups in total. The van der Waals surface area contributed by atoms with Crippen molar-refractivity contribution in [1.29, 1.82) is 0 Å². The fourth-order valence-corrected chi connectivity index (χ4v) is 2.24. The highest BCUT2D eigenvalue weighted by Crippen LogP contribution is 2.32. The molecule has 2 rings (SSSR count). The molecule has 106 valence electrons. The predicted molar refractivity (Wildman–Crippen MR) is 85.0 cm³/mol. The summed E-state index contributed by atoms with van der Waals surface area (Å²) in [5, 5.41) is 3.39. The first-order valence-corrected chi connectivity index (χ1v) is 7.27. The molecule has 0 saturated carbocycles. The number of para-hydroxylation sites is 1. The summed E-state index contributed by atoms with van der Waals surface area (Å²) in [5.74, 6) is 0.950. The van der Waals surface area contributed by atoms with E-state index in [9.17, 15) is 0 Å². The van der Waals surface area contributed by atoms with Gasteiger partial charge in [-0.3, -0.25) is 0 Å². The van der Waals surface area contributed by atoms with Gasteiger partial charge in [0.25, 0.3) is 0 Å². The SMILES string of the molecule is CCNCc1ccccc1-c1ccccc1OC(C)C. The lowest BCUT2D eigenvalue weighted by Crippen LogP contribution is -2.12. The number of nitrogens with one attached hydrogen (secondary N) is 1. The summed E-state index contributed by atoms with van der Waals surface area (Å²) < 4.78 is 5.94. The molecule has 20 heavy (non-hydrogen) atoms. The maximum atomic E-state index is 5.94. The fraction of sp³-hybridized carbons (Fsp3) is 0.333. The molecule has 0 spiro atoms. The third-order valence-electron chi connectivity index (χ3n) is 3.12. The first-order chi connectivity index (χ1) is 9.72. The smallest absolute Gasteiger partial charge is 0.127 e. The summed E-state index contributed by atoms with van der Waals surface area (Å²) in [7, 11) is 0. The molecule has 0 bridgehead atoms. The van der Waals surface area contributed by atoms with Crippen molar-refractivity contribution in [2.75, 3.05) is 6.54 Å². The van der Waals surface area contributed by atoms with Crippen LogP contribution in [0.1, 0.15) is 26.3 Å². The van der Waals surface area contributed by atoms with Gasteiger partial charge in [-0.15, -0.1) is 0 Å². The van der Waals surface area contributed by atoms with Crippen molar-refractivity contribution in [1.82, 2.24) is 5.32 Å². The highest BCUT2D eigenvalue weighted by molar-refractivity contribution is 5.73. The third-order valence-corrected chi connectivity index (χ3v) is 3.12. The van der Waals surface area contributed by atoms with Gasteiger partial charge in [-0.1, -0.05) is 49.4 Å². The van der Waals surface area contributed by atoms with E-state index < -0.39 is 0 Å². The molecule has 0 unspecified atom stereocenters. The lowest BCUT2D eigenvalue weighted by molar-refractivity contribution is 0.243.